The van der Waals surface area contributed by atoms with E-state index < -0.39 is 0 Å². The molecule has 1 fully saturated rings. The van der Waals surface area contributed by atoms with E-state index in [0.717, 1.165) is 23.1 Å². The molecule has 0 saturated carbocycles. The first-order valence-electron chi connectivity index (χ1n) is 7.19. The minimum atomic E-state index is -0.213. The predicted octanol–water partition coefficient (Wildman–Crippen LogP) is 2.62. The SMILES string of the molecule is CN(CCN1CCCC1)C(CN)c1cc(F)ccc1Br. The fraction of sp³-hybridized carbons (Fsp3) is 0.600. The van der Waals surface area contributed by atoms with Gasteiger partial charge >= 0.3 is 0 Å². The lowest BCUT2D eigenvalue weighted by atomic mass is 10.1. The third kappa shape index (κ3) is 4.01. The van der Waals surface area contributed by atoms with Crippen molar-refractivity contribution in [1.82, 2.24) is 9.80 Å². The van der Waals surface area contributed by atoms with Crippen LogP contribution in [0.1, 0.15) is 24.4 Å². The summed E-state index contributed by atoms with van der Waals surface area (Å²) in [5, 5.41) is 0. The molecule has 3 nitrogen and oxygen atoms in total. The Balaban J connectivity index is 2.00. The molecule has 5 heteroatoms. The van der Waals surface area contributed by atoms with E-state index in [9.17, 15) is 4.39 Å². The zero-order chi connectivity index (χ0) is 14.5. The summed E-state index contributed by atoms with van der Waals surface area (Å²) in [6, 6.07) is 4.84. The average Bonchev–Trinajstić information content (AvgIpc) is 2.94. The molecular formula is C15H23BrFN3. The summed E-state index contributed by atoms with van der Waals surface area (Å²) in [6.07, 6.45) is 2.61. The van der Waals surface area contributed by atoms with Gasteiger partial charge in [-0.25, -0.2) is 4.39 Å². The highest BCUT2D eigenvalue weighted by molar-refractivity contribution is 9.10. The number of benzene rings is 1. The Kier molecular flexibility index (Phi) is 5.96. The van der Waals surface area contributed by atoms with Gasteiger partial charge in [0, 0.05) is 30.1 Å². The van der Waals surface area contributed by atoms with Crippen LogP contribution in [-0.4, -0.2) is 49.6 Å². The highest BCUT2D eigenvalue weighted by Crippen LogP contribution is 2.27. The third-order valence-corrected chi connectivity index (χ3v) is 4.76. The number of halogens is 2. The number of hydrogen-bond acceptors (Lipinski definition) is 3. The summed E-state index contributed by atoms with van der Waals surface area (Å²) >= 11 is 3.50. The minimum Gasteiger partial charge on any atom is -0.329 e. The summed E-state index contributed by atoms with van der Waals surface area (Å²) in [4.78, 5) is 4.70. The zero-order valence-corrected chi connectivity index (χ0v) is 13.6. The summed E-state index contributed by atoms with van der Waals surface area (Å²) < 4.78 is 14.4. The van der Waals surface area contributed by atoms with Gasteiger partial charge in [0.1, 0.15) is 5.82 Å². The second kappa shape index (κ2) is 7.50. The van der Waals surface area contributed by atoms with Gasteiger partial charge in [-0.15, -0.1) is 0 Å². The minimum absolute atomic E-state index is 0.0441. The van der Waals surface area contributed by atoms with Crippen molar-refractivity contribution in [3.8, 4) is 0 Å². The van der Waals surface area contributed by atoms with E-state index >= 15 is 0 Å². The van der Waals surface area contributed by atoms with Crippen LogP contribution in [0, 0.1) is 5.82 Å². The summed E-state index contributed by atoms with van der Waals surface area (Å²) in [5.74, 6) is -0.213. The van der Waals surface area contributed by atoms with Gasteiger partial charge in [0.15, 0.2) is 0 Å². The third-order valence-electron chi connectivity index (χ3n) is 4.04. The van der Waals surface area contributed by atoms with Crippen molar-refractivity contribution in [1.29, 1.82) is 0 Å². The normalized spacial score (nSPS) is 17.9. The lowest BCUT2D eigenvalue weighted by Gasteiger charge is -2.29. The molecule has 1 heterocycles. The summed E-state index contributed by atoms with van der Waals surface area (Å²) in [5.41, 5.74) is 6.84. The molecule has 1 saturated heterocycles. The van der Waals surface area contributed by atoms with E-state index in [2.05, 4.69) is 32.8 Å². The summed E-state index contributed by atoms with van der Waals surface area (Å²) in [6.45, 7) is 4.89. The van der Waals surface area contributed by atoms with Crippen molar-refractivity contribution in [2.45, 2.75) is 18.9 Å². The Morgan fingerprint density at radius 1 is 1.40 bits per heavy atom. The molecule has 1 aliphatic rings. The van der Waals surface area contributed by atoms with Crippen molar-refractivity contribution < 1.29 is 4.39 Å². The van der Waals surface area contributed by atoms with Gasteiger partial charge in [0.2, 0.25) is 0 Å². The topological polar surface area (TPSA) is 32.5 Å². The predicted molar refractivity (Wildman–Crippen MR) is 84.2 cm³/mol. The van der Waals surface area contributed by atoms with Gasteiger partial charge in [-0.1, -0.05) is 15.9 Å². The number of hydrogen-bond donors (Lipinski definition) is 1. The monoisotopic (exact) mass is 343 g/mol. The highest BCUT2D eigenvalue weighted by atomic mass is 79.9. The molecule has 1 aromatic rings. The van der Waals surface area contributed by atoms with E-state index in [1.165, 1.54) is 32.0 Å². The highest BCUT2D eigenvalue weighted by Gasteiger charge is 2.20. The molecule has 1 atom stereocenters. The molecule has 112 valence electrons. The van der Waals surface area contributed by atoms with Crippen molar-refractivity contribution in [2.24, 2.45) is 5.73 Å². The number of nitrogens with two attached hydrogens (primary N) is 1. The number of likely N-dealkylation sites (N-methyl/N-ethyl adjacent to an activating group) is 1. The molecule has 2 rings (SSSR count). The lowest BCUT2D eigenvalue weighted by molar-refractivity contribution is 0.209. The molecule has 1 unspecified atom stereocenters. The molecule has 1 aliphatic heterocycles. The van der Waals surface area contributed by atoms with Gasteiger partial charge < -0.3 is 10.6 Å². The molecule has 0 amide bonds. The maximum atomic E-state index is 13.5. The van der Waals surface area contributed by atoms with Gasteiger partial charge in [-0.2, -0.15) is 0 Å². The first-order valence-corrected chi connectivity index (χ1v) is 7.98. The maximum absolute atomic E-state index is 13.5. The van der Waals surface area contributed by atoms with Gasteiger partial charge in [0.25, 0.3) is 0 Å². The first kappa shape index (κ1) is 15.9. The molecule has 2 N–H and O–H groups in total. The quantitative estimate of drug-likeness (QED) is 0.861. The van der Waals surface area contributed by atoms with Crippen LogP contribution in [0.2, 0.25) is 0 Å². The number of nitrogens with zero attached hydrogens (tertiary/aromatic N) is 2. The molecular weight excluding hydrogens is 321 g/mol. The Labute approximate surface area is 129 Å². The molecule has 0 aromatic heterocycles. The Bertz CT molecular complexity index is 435. The van der Waals surface area contributed by atoms with Crippen molar-refractivity contribution in [3.05, 3.63) is 34.1 Å². The van der Waals surface area contributed by atoms with E-state index in [-0.39, 0.29) is 11.9 Å². The van der Waals surface area contributed by atoms with Gasteiger partial charge in [-0.05, 0) is 56.7 Å². The van der Waals surface area contributed by atoms with Crippen LogP contribution in [0.25, 0.3) is 0 Å². The average molecular weight is 344 g/mol. The number of likely N-dealkylation sites (tertiary alicyclic amines) is 1. The van der Waals surface area contributed by atoms with Gasteiger partial charge in [-0.3, -0.25) is 4.90 Å². The van der Waals surface area contributed by atoms with E-state index in [1.54, 1.807) is 12.1 Å². The Morgan fingerprint density at radius 3 is 2.75 bits per heavy atom. The van der Waals surface area contributed by atoms with Crippen molar-refractivity contribution >= 4 is 15.9 Å². The van der Waals surface area contributed by atoms with Crippen LogP contribution in [0.5, 0.6) is 0 Å². The number of rotatable bonds is 6. The van der Waals surface area contributed by atoms with Crippen molar-refractivity contribution in [2.75, 3.05) is 39.8 Å². The lowest BCUT2D eigenvalue weighted by Crippen LogP contribution is -2.36. The van der Waals surface area contributed by atoms with Crippen LogP contribution in [-0.2, 0) is 0 Å². The van der Waals surface area contributed by atoms with Crippen LogP contribution >= 0.6 is 15.9 Å². The van der Waals surface area contributed by atoms with Crippen LogP contribution in [0.15, 0.2) is 22.7 Å². The van der Waals surface area contributed by atoms with Gasteiger partial charge in [0.05, 0.1) is 0 Å². The largest absolute Gasteiger partial charge is 0.329 e. The van der Waals surface area contributed by atoms with Crippen LogP contribution in [0.3, 0.4) is 0 Å². The molecule has 20 heavy (non-hydrogen) atoms. The standard InChI is InChI=1S/C15H23BrFN3/c1-19(8-9-20-6-2-3-7-20)15(11-18)13-10-12(17)4-5-14(13)16/h4-5,10,15H,2-3,6-9,11,18H2,1H3. The first-order chi connectivity index (χ1) is 9.61. The molecule has 0 spiro atoms. The van der Waals surface area contributed by atoms with E-state index in [1.807, 2.05) is 0 Å². The fourth-order valence-electron chi connectivity index (χ4n) is 2.78. The van der Waals surface area contributed by atoms with Crippen molar-refractivity contribution in [3.63, 3.8) is 0 Å². The van der Waals surface area contributed by atoms with Crippen LogP contribution in [0.4, 0.5) is 4.39 Å². The molecule has 0 aliphatic carbocycles. The summed E-state index contributed by atoms with van der Waals surface area (Å²) in [7, 11) is 2.06. The maximum Gasteiger partial charge on any atom is 0.123 e. The molecule has 1 aromatic carbocycles. The second-order valence-corrected chi connectivity index (χ2v) is 6.30. The zero-order valence-electron chi connectivity index (χ0n) is 12.0. The molecule has 0 bridgehead atoms. The van der Waals surface area contributed by atoms with E-state index in [0.29, 0.717) is 6.54 Å². The fourth-order valence-corrected chi connectivity index (χ4v) is 3.29. The Hall–Kier alpha value is -0.490. The van der Waals surface area contributed by atoms with E-state index in [4.69, 9.17) is 5.73 Å². The van der Waals surface area contributed by atoms with Crippen LogP contribution < -0.4 is 5.73 Å². The smallest absolute Gasteiger partial charge is 0.123 e. The second-order valence-electron chi connectivity index (χ2n) is 5.45. The Morgan fingerprint density at radius 2 is 2.10 bits per heavy atom. The molecule has 0 radical (unpaired) electrons.